The molecule has 0 spiro atoms. The van der Waals surface area contributed by atoms with E-state index in [9.17, 15) is 14.0 Å². The summed E-state index contributed by atoms with van der Waals surface area (Å²) in [5.41, 5.74) is -0.135. The minimum atomic E-state index is -0.848. The standard InChI is InChI=1S/C18H11ClFN3O3/c1-2-26-18(25)13-14(24)10-7-11(20)15(19)22-16(10)23-12-6-4-3-5-9(12)8-21-17(13)23/h3-8H,2H2,1H3. The Morgan fingerprint density at radius 2 is 2.08 bits per heavy atom. The second kappa shape index (κ2) is 6.03. The van der Waals surface area contributed by atoms with E-state index in [4.69, 9.17) is 16.3 Å². The molecule has 1 aromatic carbocycles. The number of nitrogens with zero attached hydrogens (tertiary/aromatic N) is 3. The van der Waals surface area contributed by atoms with Gasteiger partial charge in [-0.2, -0.15) is 0 Å². The summed E-state index contributed by atoms with van der Waals surface area (Å²) in [5, 5.41) is 0.301. The predicted octanol–water partition coefficient (Wildman–Crippen LogP) is 3.37. The lowest BCUT2D eigenvalue weighted by Gasteiger charge is -2.12. The molecule has 4 aromatic rings. The number of halogens is 2. The summed E-state index contributed by atoms with van der Waals surface area (Å²) in [6.07, 6.45) is 1.55. The van der Waals surface area contributed by atoms with Crippen LogP contribution in [0.1, 0.15) is 17.3 Å². The molecule has 0 N–H and O–H groups in total. The number of esters is 1. The van der Waals surface area contributed by atoms with Crippen LogP contribution in [0.2, 0.25) is 5.15 Å². The normalized spacial score (nSPS) is 11.3. The molecular formula is C18H11ClFN3O3. The van der Waals surface area contributed by atoms with Crippen molar-refractivity contribution in [2.24, 2.45) is 0 Å². The molecular weight excluding hydrogens is 361 g/mol. The van der Waals surface area contributed by atoms with Crippen molar-refractivity contribution in [1.29, 1.82) is 0 Å². The lowest BCUT2D eigenvalue weighted by atomic mass is 10.1. The highest BCUT2D eigenvalue weighted by Crippen LogP contribution is 2.24. The van der Waals surface area contributed by atoms with Gasteiger partial charge in [0.2, 0.25) is 5.43 Å². The summed E-state index contributed by atoms with van der Waals surface area (Å²) in [6.45, 7) is 1.71. The SMILES string of the molecule is CCOC(=O)c1c(=O)c2cc(F)c(Cl)nc2n2c1ncc1ccccc12. The van der Waals surface area contributed by atoms with E-state index < -0.39 is 17.2 Å². The average molecular weight is 372 g/mol. The van der Waals surface area contributed by atoms with E-state index >= 15 is 0 Å². The molecule has 0 aliphatic rings. The number of rotatable bonds is 2. The predicted molar refractivity (Wildman–Crippen MR) is 95.2 cm³/mol. The summed E-state index contributed by atoms with van der Waals surface area (Å²) in [6, 6.07) is 8.19. The molecule has 0 aliphatic heterocycles. The number of ether oxygens (including phenoxy) is 1. The monoisotopic (exact) mass is 371 g/mol. The van der Waals surface area contributed by atoms with E-state index in [2.05, 4.69) is 9.97 Å². The van der Waals surface area contributed by atoms with Crippen molar-refractivity contribution in [2.45, 2.75) is 6.92 Å². The Kier molecular flexibility index (Phi) is 3.81. The zero-order valence-electron chi connectivity index (χ0n) is 13.5. The molecule has 0 amide bonds. The molecule has 6 nitrogen and oxygen atoms in total. The molecule has 0 atom stereocenters. The molecule has 0 unspecified atom stereocenters. The van der Waals surface area contributed by atoms with Gasteiger partial charge in [-0.05, 0) is 19.1 Å². The van der Waals surface area contributed by atoms with E-state index in [1.807, 2.05) is 12.1 Å². The highest BCUT2D eigenvalue weighted by atomic mass is 35.5. The molecule has 130 valence electrons. The fraction of sp³-hybridized carbons (Fsp3) is 0.111. The van der Waals surface area contributed by atoms with Crippen LogP contribution in [-0.2, 0) is 4.74 Å². The van der Waals surface area contributed by atoms with Gasteiger partial charge in [-0.1, -0.05) is 29.8 Å². The van der Waals surface area contributed by atoms with Crippen molar-refractivity contribution in [3.63, 3.8) is 0 Å². The molecule has 0 aliphatic carbocycles. The van der Waals surface area contributed by atoms with E-state index in [-0.39, 0.29) is 34.0 Å². The first-order chi connectivity index (χ1) is 12.5. The van der Waals surface area contributed by atoms with Gasteiger partial charge in [0, 0.05) is 11.6 Å². The molecule has 3 aromatic heterocycles. The summed E-state index contributed by atoms with van der Waals surface area (Å²) in [4.78, 5) is 33.5. The number of fused-ring (bicyclic) bond motifs is 5. The summed E-state index contributed by atoms with van der Waals surface area (Å²) < 4.78 is 20.5. The zero-order chi connectivity index (χ0) is 18.4. The number of aromatic nitrogens is 3. The Labute approximate surface area is 150 Å². The summed E-state index contributed by atoms with van der Waals surface area (Å²) in [5.74, 6) is -1.67. The van der Waals surface area contributed by atoms with Gasteiger partial charge >= 0.3 is 5.97 Å². The maximum absolute atomic E-state index is 13.9. The van der Waals surface area contributed by atoms with Gasteiger partial charge in [-0.3, -0.25) is 9.20 Å². The molecule has 8 heteroatoms. The van der Waals surface area contributed by atoms with Crippen molar-refractivity contribution in [3.05, 3.63) is 63.3 Å². The van der Waals surface area contributed by atoms with Gasteiger partial charge < -0.3 is 4.74 Å². The van der Waals surface area contributed by atoms with Crippen molar-refractivity contribution in [1.82, 2.24) is 14.4 Å². The smallest absolute Gasteiger partial charge is 0.345 e. The van der Waals surface area contributed by atoms with Gasteiger partial charge in [-0.15, -0.1) is 0 Å². The number of carbonyl (C=O) groups is 1. The van der Waals surface area contributed by atoms with Gasteiger partial charge in [0.05, 0.1) is 17.5 Å². The third-order valence-electron chi connectivity index (χ3n) is 4.02. The van der Waals surface area contributed by atoms with Crippen molar-refractivity contribution < 1.29 is 13.9 Å². The third-order valence-corrected chi connectivity index (χ3v) is 4.28. The van der Waals surface area contributed by atoms with E-state index in [0.29, 0.717) is 5.52 Å². The van der Waals surface area contributed by atoms with Gasteiger partial charge in [-0.25, -0.2) is 19.2 Å². The number of hydrogen-bond acceptors (Lipinski definition) is 5. The van der Waals surface area contributed by atoms with E-state index in [1.54, 1.807) is 25.3 Å². The number of hydrogen-bond donors (Lipinski definition) is 0. The Bertz CT molecular complexity index is 1270. The number of para-hydroxylation sites is 1. The van der Waals surface area contributed by atoms with Crippen LogP contribution in [0.5, 0.6) is 0 Å². The minimum absolute atomic E-state index is 0.0781. The second-order valence-corrected chi connectivity index (χ2v) is 5.89. The molecule has 0 bridgehead atoms. The quantitative estimate of drug-likeness (QED) is 0.307. The van der Waals surface area contributed by atoms with Crippen LogP contribution in [0.3, 0.4) is 0 Å². The van der Waals surface area contributed by atoms with Crippen molar-refractivity contribution in [3.8, 4) is 0 Å². The van der Waals surface area contributed by atoms with E-state index in [1.165, 1.54) is 4.40 Å². The Morgan fingerprint density at radius 3 is 2.85 bits per heavy atom. The maximum atomic E-state index is 13.9. The van der Waals surface area contributed by atoms with E-state index in [0.717, 1.165) is 11.5 Å². The molecule has 4 rings (SSSR count). The molecule has 3 heterocycles. The first kappa shape index (κ1) is 16.4. The zero-order valence-corrected chi connectivity index (χ0v) is 14.2. The fourth-order valence-corrected chi connectivity index (χ4v) is 3.05. The van der Waals surface area contributed by atoms with Crippen molar-refractivity contribution in [2.75, 3.05) is 6.61 Å². The molecule has 0 saturated carbocycles. The van der Waals surface area contributed by atoms with Crippen LogP contribution in [0.25, 0.3) is 27.6 Å². The van der Waals surface area contributed by atoms with Crippen LogP contribution in [0.15, 0.2) is 41.3 Å². The van der Waals surface area contributed by atoms with Crippen LogP contribution in [-0.4, -0.2) is 26.9 Å². The van der Waals surface area contributed by atoms with Gasteiger partial charge in [0.15, 0.2) is 27.8 Å². The second-order valence-electron chi connectivity index (χ2n) is 5.53. The average Bonchev–Trinajstić information content (AvgIpc) is 2.63. The lowest BCUT2D eigenvalue weighted by Crippen LogP contribution is -2.22. The number of carbonyl (C=O) groups excluding carboxylic acids is 1. The molecule has 0 fully saturated rings. The Hall–Kier alpha value is -3.06. The van der Waals surface area contributed by atoms with Crippen LogP contribution < -0.4 is 5.43 Å². The van der Waals surface area contributed by atoms with Crippen molar-refractivity contribution >= 4 is 45.2 Å². The highest BCUT2D eigenvalue weighted by molar-refractivity contribution is 6.30. The number of benzene rings is 1. The number of pyridine rings is 2. The Balaban J connectivity index is 2.33. The maximum Gasteiger partial charge on any atom is 0.345 e. The fourth-order valence-electron chi connectivity index (χ4n) is 2.91. The first-order valence-corrected chi connectivity index (χ1v) is 8.16. The minimum Gasteiger partial charge on any atom is -0.462 e. The van der Waals surface area contributed by atoms with Crippen LogP contribution in [0.4, 0.5) is 4.39 Å². The first-order valence-electron chi connectivity index (χ1n) is 7.78. The van der Waals surface area contributed by atoms with Crippen LogP contribution in [0, 0.1) is 5.82 Å². The highest BCUT2D eigenvalue weighted by Gasteiger charge is 2.23. The summed E-state index contributed by atoms with van der Waals surface area (Å²) in [7, 11) is 0. The summed E-state index contributed by atoms with van der Waals surface area (Å²) >= 11 is 5.83. The third kappa shape index (κ3) is 2.32. The van der Waals surface area contributed by atoms with Crippen LogP contribution >= 0.6 is 11.6 Å². The Morgan fingerprint density at radius 1 is 1.31 bits per heavy atom. The molecule has 0 saturated heterocycles. The van der Waals surface area contributed by atoms with Gasteiger partial charge in [0.1, 0.15) is 0 Å². The lowest BCUT2D eigenvalue weighted by molar-refractivity contribution is 0.0527. The molecule has 0 radical (unpaired) electrons. The molecule has 26 heavy (non-hydrogen) atoms. The topological polar surface area (TPSA) is 73.6 Å². The van der Waals surface area contributed by atoms with Gasteiger partial charge in [0.25, 0.3) is 0 Å². The largest absolute Gasteiger partial charge is 0.462 e.